The molecule has 0 spiro atoms. The third kappa shape index (κ3) is 2.74. The van der Waals surface area contributed by atoms with Gasteiger partial charge in [-0.15, -0.1) is 5.54 Å². The van der Waals surface area contributed by atoms with Crippen molar-refractivity contribution in [3.05, 3.63) is 18.0 Å². The molecular weight excluding hydrogens is 246 g/mol. The fourth-order valence-electron chi connectivity index (χ4n) is 1.70. The maximum atomic E-state index is 10.9. The van der Waals surface area contributed by atoms with E-state index in [1.165, 1.54) is 4.90 Å². The Morgan fingerprint density at radius 3 is 2.78 bits per heavy atom. The summed E-state index contributed by atoms with van der Waals surface area (Å²) in [6, 6.07) is 0. The molecule has 1 atom stereocenters. The molecule has 0 aromatic carbocycles. The van der Waals surface area contributed by atoms with Crippen LogP contribution >= 0.6 is 0 Å². The minimum absolute atomic E-state index is 0.162. The predicted octanol–water partition coefficient (Wildman–Crippen LogP) is 1.99. The van der Waals surface area contributed by atoms with E-state index in [0.29, 0.717) is 6.54 Å². The SMILES string of the molecule is C[Si](C)(C)C#Cc1cnn(C2CCN2C(=O)O)c1. The van der Waals surface area contributed by atoms with Crippen LogP contribution in [0.15, 0.2) is 12.4 Å². The molecule has 1 amide bonds. The van der Waals surface area contributed by atoms with Gasteiger partial charge in [0.05, 0.1) is 11.8 Å². The highest BCUT2D eigenvalue weighted by Gasteiger charge is 2.33. The highest BCUT2D eigenvalue weighted by atomic mass is 28.3. The van der Waals surface area contributed by atoms with Gasteiger partial charge in [0, 0.05) is 19.2 Å². The number of aromatic nitrogens is 2. The van der Waals surface area contributed by atoms with E-state index in [1.807, 2.05) is 6.20 Å². The van der Waals surface area contributed by atoms with E-state index in [4.69, 9.17) is 5.11 Å². The van der Waals surface area contributed by atoms with E-state index in [0.717, 1.165) is 12.0 Å². The van der Waals surface area contributed by atoms with Gasteiger partial charge >= 0.3 is 6.09 Å². The zero-order valence-corrected chi connectivity index (χ0v) is 11.8. The lowest BCUT2D eigenvalue weighted by Crippen LogP contribution is -2.47. The molecule has 0 aliphatic carbocycles. The van der Waals surface area contributed by atoms with Crippen molar-refractivity contribution in [2.75, 3.05) is 6.54 Å². The van der Waals surface area contributed by atoms with Gasteiger partial charge in [-0.05, 0) is 0 Å². The van der Waals surface area contributed by atoms with E-state index >= 15 is 0 Å². The van der Waals surface area contributed by atoms with Crippen molar-refractivity contribution >= 4 is 14.2 Å². The molecule has 1 saturated heterocycles. The number of carboxylic acid groups (broad SMARTS) is 1. The van der Waals surface area contributed by atoms with Crippen molar-refractivity contribution in [1.29, 1.82) is 0 Å². The average molecular weight is 263 g/mol. The second-order valence-corrected chi connectivity index (χ2v) is 10.2. The molecule has 1 aromatic rings. The first-order valence-electron chi connectivity index (χ1n) is 5.94. The van der Waals surface area contributed by atoms with Crippen LogP contribution in [0.4, 0.5) is 4.79 Å². The maximum absolute atomic E-state index is 10.9. The van der Waals surface area contributed by atoms with Crippen molar-refractivity contribution in [3.63, 3.8) is 0 Å². The van der Waals surface area contributed by atoms with Crippen LogP contribution in [0.3, 0.4) is 0 Å². The van der Waals surface area contributed by atoms with Gasteiger partial charge in [-0.25, -0.2) is 9.48 Å². The maximum Gasteiger partial charge on any atom is 0.409 e. The van der Waals surface area contributed by atoms with Crippen LogP contribution in [0.1, 0.15) is 18.2 Å². The molecule has 0 radical (unpaired) electrons. The van der Waals surface area contributed by atoms with Gasteiger partial charge in [0.25, 0.3) is 0 Å². The molecule has 1 unspecified atom stereocenters. The first-order chi connectivity index (χ1) is 8.37. The molecule has 96 valence electrons. The quantitative estimate of drug-likeness (QED) is 0.622. The lowest BCUT2D eigenvalue weighted by molar-refractivity contribution is 0.0327. The lowest BCUT2D eigenvalue weighted by atomic mass is 10.1. The zero-order valence-electron chi connectivity index (χ0n) is 10.8. The van der Waals surface area contributed by atoms with Gasteiger partial charge in [0.15, 0.2) is 0 Å². The Bertz CT molecular complexity index is 521. The summed E-state index contributed by atoms with van der Waals surface area (Å²) in [6.07, 6.45) is 3.29. The Kier molecular flexibility index (Phi) is 3.18. The average Bonchev–Trinajstić information content (AvgIpc) is 2.59. The summed E-state index contributed by atoms with van der Waals surface area (Å²) in [4.78, 5) is 12.3. The standard InChI is InChI=1S/C12H17N3O2Si/c1-18(2,3)7-5-10-8-13-15(9-10)11-4-6-14(11)12(16)17/h8-9,11H,4,6H2,1-3H3,(H,16,17). The number of nitrogens with zero attached hydrogens (tertiary/aromatic N) is 3. The number of rotatable bonds is 1. The largest absolute Gasteiger partial charge is 0.465 e. The number of carbonyl (C=O) groups is 1. The van der Waals surface area contributed by atoms with Gasteiger partial charge in [0.2, 0.25) is 0 Å². The summed E-state index contributed by atoms with van der Waals surface area (Å²) in [5, 5.41) is 13.1. The topological polar surface area (TPSA) is 58.4 Å². The fraction of sp³-hybridized carbons (Fsp3) is 0.500. The van der Waals surface area contributed by atoms with Crippen molar-refractivity contribution in [1.82, 2.24) is 14.7 Å². The van der Waals surface area contributed by atoms with Gasteiger partial charge in [-0.2, -0.15) is 5.10 Å². The van der Waals surface area contributed by atoms with Crippen LogP contribution in [0.25, 0.3) is 0 Å². The van der Waals surface area contributed by atoms with E-state index in [-0.39, 0.29) is 6.17 Å². The number of amides is 1. The summed E-state index contributed by atoms with van der Waals surface area (Å²) in [6.45, 7) is 7.13. The van der Waals surface area contributed by atoms with E-state index in [9.17, 15) is 4.79 Å². The third-order valence-electron chi connectivity index (χ3n) is 2.72. The molecule has 5 nitrogen and oxygen atoms in total. The Labute approximate surface area is 107 Å². The molecule has 1 aliphatic rings. The Balaban J connectivity index is 2.11. The summed E-state index contributed by atoms with van der Waals surface area (Å²) >= 11 is 0. The first kappa shape index (κ1) is 12.7. The molecule has 0 saturated carbocycles. The molecule has 1 fully saturated rings. The van der Waals surface area contributed by atoms with Crippen LogP contribution in [0.5, 0.6) is 0 Å². The fourth-order valence-corrected chi connectivity index (χ4v) is 2.22. The molecule has 2 rings (SSSR count). The molecule has 1 N–H and O–H groups in total. The van der Waals surface area contributed by atoms with Gasteiger partial charge < -0.3 is 5.11 Å². The summed E-state index contributed by atoms with van der Waals surface area (Å²) in [5.41, 5.74) is 4.12. The minimum Gasteiger partial charge on any atom is -0.465 e. The molecule has 1 aromatic heterocycles. The predicted molar refractivity (Wildman–Crippen MR) is 70.8 cm³/mol. The van der Waals surface area contributed by atoms with E-state index < -0.39 is 14.2 Å². The molecular formula is C12H17N3O2Si. The first-order valence-corrected chi connectivity index (χ1v) is 9.44. The monoisotopic (exact) mass is 263 g/mol. The van der Waals surface area contributed by atoms with Crippen LogP contribution in [-0.4, -0.2) is 40.5 Å². The van der Waals surface area contributed by atoms with Gasteiger partial charge in [-0.3, -0.25) is 4.90 Å². The summed E-state index contributed by atoms with van der Waals surface area (Å²) in [5.74, 6) is 3.11. The van der Waals surface area contributed by atoms with Gasteiger partial charge in [0.1, 0.15) is 14.2 Å². The van der Waals surface area contributed by atoms with Gasteiger partial charge in [-0.1, -0.05) is 25.6 Å². The molecule has 1 aliphatic heterocycles. The van der Waals surface area contributed by atoms with Crippen LogP contribution < -0.4 is 0 Å². The molecule has 18 heavy (non-hydrogen) atoms. The summed E-state index contributed by atoms with van der Waals surface area (Å²) in [7, 11) is -1.39. The van der Waals surface area contributed by atoms with Crippen LogP contribution in [-0.2, 0) is 0 Å². The van der Waals surface area contributed by atoms with Crippen molar-refractivity contribution < 1.29 is 9.90 Å². The van der Waals surface area contributed by atoms with Crippen molar-refractivity contribution in [2.45, 2.75) is 32.2 Å². The summed E-state index contributed by atoms with van der Waals surface area (Å²) < 4.78 is 1.69. The molecule has 2 heterocycles. The highest BCUT2D eigenvalue weighted by Crippen LogP contribution is 2.27. The molecule has 6 heteroatoms. The Morgan fingerprint density at radius 1 is 1.56 bits per heavy atom. The minimum atomic E-state index is -1.39. The van der Waals surface area contributed by atoms with Crippen molar-refractivity contribution in [2.24, 2.45) is 0 Å². The second-order valence-electron chi connectivity index (χ2n) is 5.45. The number of hydrogen-bond acceptors (Lipinski definition) is 2. The molecule has 0 bridgehead atoms. The zero-order chi connectivity index (χ0) is 13.3. The smallest absolute Gasteiger partial charge is 0.409 e. The second kappa shape index (κ2) is 4.50. The van der Waals surface area contributed by atoms with Crippen LogP contribution in [0.2, 0.25) is 19.6 Å². The Morgan fingerprint density at radius 2 is 2.28 bits per heavy atom. The number of likely N-dealkylation sites (tertiary alicyclic amines) is 1. The number of hydrogen-bond donors (Lipinski definition) is 1. The highest BCUT2D eigenvalue weighted by molar-refractivity contribution is 6.83. The van der Waals surface area contributed by atoms with E-state index in [1.54, 1.807) is 10.9 Å². The van der Waals surface area contributed by atoms with E-state index in [2.05, 4.69) is 36.2 Å². The normalized spacial score (nSPS) is 18.8. The van der Waals surface area contributed by atoms with Crippen molar-refractivity contribution in [3.8, 4) is 11.5 Å². The third-order valence-corrected chi connectivity index (χ3v) is 3.60. The Hall–Kier alpha value is -1.74. The van der Waals surface area contributed by atoms with Crippen LogP contribution in [0, 0.1) is 11.5 Å². The lowest BCUT2D eigenvalue weighted by Gasteiger charge is -2.38.